The lowest BCUT2D eigenvalue weighted by molar-refractivity contribution is 0.00275. The van der Waals surface area contributed by atoms with E-state index in [1.54, 1.807) is 0 Å². The zero-order valence-electron chi connectivity index (χ0n) is 8.66. The first kappa shape index (κ1) is 11.9. The number of hydrogen-bond acceptors (Lipinski definition) is 5. The highest BCUT2D eigenvalue weighted by molar-refractivity contribution is 6.36. The van der Waals surface area contributed by atoms with Crippen LogP contribution in [0.4, 0.5) is 0 Å². The molecule has 1 rings (SSSR count). The predicted molar refractivity (Wildman–Crippen MR) is 53.0 cm³/mol. The van der Waals surface area contributed by atoms with Crippen molar-refractivity contribution in [3.63, 3.8) is 0 Å². The van der Waals surface area contributed by atoms with E-state index < -0.39 is 7.32 Å². The van der Waals surface area contributed by atoms with Gasteiger partial charge in [-0.1, -0.05) is 6.92 Å². The molecule has 0 bridgehead atoms. The maximum absolute atomic E-state index is 5.36. The smallest absolute Gasteiger partial charge is 0.385 e. The Bertz CT molecular complexity index is 131. The molecule has 82 valence electrons. The van der Waals surface area contributed by atoms with Crippen LogP contribution >= 0.6 is 0 Å². The van der Waals surface area contributed by atoms with E-state index in [1.807, 2.05) is 0 Å². The summed E-state index contributed by atoms with van der Waals surface area (Å²) in [5.74, 6) is 0. The first-order valence-corrected chi connectivity index (χ1v) is 5.06. The van der Waals surface area contributed by atoms with E-state index in [4.69, 9.17) is 18.7 Å². The summed E-state index contributed by atoms with van der Waals surface area (Å²) in [6.07, 6.45) is 0. The molecule has 0 amide bonds. The third-order valence-electron chi connectivity index (χ3n) is 1.75. The van der Waals surface area contributed by atoms with Gasteiger partial charge in [0.1, 0.15) is 0 Å². The van der Waals surface area contributed by atoms with Gasteiger partial charge in [0, 0.05) is 13.2 Å². The Labute approximate surface area is 85.2 Å². The fourth-order valence-electron chi connectivity index (χ4n) is 1.06. The van der Waals surface area contributed by atoms with Crippen molar-refractivity contribution in [1.29, 1.82) is 0 Å². The largest absolute Gasteiger partial charge is 0.639 e. The van der Waals surface area contributed by atoms with E-state index in [9.17, 15) is 0 Å². The van der Waals surface area contributed by atoms with Gasteiger partial charge in [0.25, 0.3) is 0 Å². The Morgan fingerprint density at radius 3 is 2.57 bits per heavy atom. The van der Waals surface area contributed by atoms with Gasteiger partial charge in [-0.25, -0.2) is 0 Å². The molecule has 6 heteroatoms. The molecule has 0 radical (unpaired) electrons. The van der Waals surface area contributed by atoms with E-state index in [2.05, 4.69) is 12.2 Å². The van der Waals surface area contributed by atoms with Crippen molar-refractivity contribution < 1.29 is 18.7 Å². The van der Waals surface area contributed by atoms with E-state index in [1.165, 1.54) is 0 Å². The van der Waals surface area contributed by atoms with Crippen LogP contribution in [0.25, 0.3) is 0 Å². The Kier molecular flexibility index (Phi) is 6.99. The van der Waals surface area contributed by atoms with Gasteiger partial charge >= 0.3 is 7.32 Å². The quantitative estimate of drug-likeness (QED) is 0.489. The Morgan fingerprint density at radius 2 is 1.93 bits per heavy atom. The van der Waals surface area contributed by atoms with Crippen LogP contribution < -0.4 is 5.32 Å². The van der Waals surface area contributed by atoms with Crippen molar-refractivity contribution in [2.24, 2.45) is 0 Å². The predicted octanol–water partition coefficient (Wildman–Crippen LogP) is -0.339. The topological polar surface area (TPSA) is 49.0 Å². The first-order valence-electron chi connectivity index (χ1n) is 5.06. The second kappa shape index (κ2) is 8.20. The third kappa shape index (κ3) is 5.56. The van der Waals surface area contributed by atoms with Gasteiger partial charge in [-0.05, 0) is 6.54 Å². The van der Waals surface area contributed by atoms with Crippen LogP contribution in [0.3, 0.4) is 0 Å². The van der Waals surface area contributed by atoms with Crippen LogP contribution in [0, 0.1) is 0 Å². The Morgan fingerprint density at radius 1 is 1.21 bits per heavy atom. The summed E-state index contributed by atoms with van der Waals surface area (Å²) in [6, 6.07) is 0. The Balaban J connectivity index is 2.02. The van der Waals surface area contributed by atoms with Gasteiger partial charge < -0.3 is 24.0 Å². The zero-order chi connectivity index (χ0) is 10.1. The fraction of sp³-hybridized carbons (Fsp3) is 1.00. The number of ether oxygens (including phenoxy) is 1. The van der Waals surface area contributed by atoms with E-state index in [0.717, 1.165) is 13.1 Å². The molecule has 0 aliphatic carbocycles. The van der Waals surface area contributed by atoms with Crippen molar-refractivity contribution in [3.8, 4) is 0 Å². The average molecular weight is 203 g/mol. The molecule has 14 heavy (non-hydrogen) atoms. The normalized spacial score (nSPS) is 19.1. The Hall–Kier alpha value is -0.135. The van der Waals surface area contributed by atoms with Crippen molar-refractivity contribution in [3.05, 3.63) is 0 Å². The molecule has 1 aliphatic heterocycles. The molecular formula is C8H18BNO4. The van der Waals surface area contributed by atoms with Gasteiger partial charge in [0.05, 0.1) is 26.4 Å². The second-order valence-electron chi connectivity index (χ2n) is 2.87. The second-order valence-corrected chi connectivity index (χ2v) is 2.87. The number of likely N-dealkylation sites (N-methyl/N-ethyl adjacent to an activating group) is 1. The molecule has 5 nitrogen and oxygen atoms in total. The maximum Gasteiger partial charge on any atom is 0.639 e. The van der Waals surface area contributed by atoms with Crippen LogP contribution in [0.2, 0.25) is 0 Å². The highest BCUT2D eigenvalue weighted by atomic mass is 16.7. The standard InChI is InChI=1S/C8H18BNO4/c1-2-10-3-4-12-9-13-7-5-11-6-8-14-9/h10H,2-8H2,1H3. The lowest BCUT2D eigenvalue weighted by Gasteiger charge is -2.17. The van der Waals surface area contributed by atoms with Gasteiger partial charge in [0.15, 0.2) is 0 Å². The van der Waals surface area contributed by atoms with Crippen LogP contribution in [-0.4, -0.2) is 53.4 Å². The highest BCUT2D eigenvalue weighted by Gasteiger charge is 2.22. The van der Waals surface area contributed by atoms with Crippen molar-refractivity contribution >= 4 is 7.32 Å². The molecular weight excluding hydrogens is 185 g/mol. The monoisotopic (exact) mass is 203 g/mol. The first-order chi connectivity index (χ1) is 6.93. The van der Waals surface area contributed by atoms with Crippen molar-refractivity contribution in [2.75, 3.05) is 46.1 Å². The SMILES string of the molecule is CCNCCOB1OCCOCCO1. The maximum atomic E-state index is 5.36. The molecule has 0 spiro atoms. The molecule has 0 saturated carbocycles. The molecule has 0 aromatic heterocycles. The van der Waals surface area contributed by atoms with Gasteiger partial charge in [-0.3, -0.25) is 0 Å². The molecule has 1 saturated heterocycles. The minimum Gasteiger partial charge on any atom is -0.385 e. The van der Waals surface area contributed by atoms with Gasteiger partial charge in [-0.2, -0.15) is 0 Å². The number of nitrogens with one attached hydrogen (secondary N) is 1. The van der Waals surface area contributed by atoms with Crippen LogP contribution in [0.5, 0.6) is 0 Å². The summed E-state index contributed by atoms with van der Waals surface area (Å²) in [4.78, 5) is 0. The molecule has 1 N–H and O–H groups in total. The van der Waals surface area contributed by atoms with E-state index in [0.29, 0.717) is 33.0 Å². The van der Waals surface area contributed by atoms with E-state index >= 15 is 0 Å². The molecule has 0 atom stereocenters. The molecule has 0 aromatic carbocycles. The average Bonchev–Trinajstić information content (AvgIpc) is 2.15. The summed E-state index contributed by atoms with van der Waals surface area (Å²) < 4.78 is 21.0. The number of hydrogen-bond donors (Lipinski definition) is 1. The van der Waals surface area contributed by atoms with Gasteiger partial charge in [-0.15, -0.1) is 0 Å². The van der Waals surface area contributed by atoms with Crippen LogP contribution in [-0.2, 0) is 18.7 Å². The molecule has 0 unspecified atom stereocenters. The van der Waals surface area contributed by atoms with Crippen molar-refractivity contribution in [2.45, 2.75) is 6.92 Å². The minimum absolute atomic E-state index is 0.520. The lowest BCUT2D eigenvalue weighted by Crippen LogP contribution is -2.34. The molecule has 1 fully saturated rings. The van der Waals surface area contributed by atoms with Crippen molar-refractivity contribution in [1.82, 2.24) is 5.32 Å². The summed E-state index contributed by atoms with van der Waals surface area (Å²) in [6.45, 7) is 6.67. The summed E-state index contributed by atoms with van der Waals surface area (Å²) in [5.41, 5.74) is 0. The zero-order valence-corrected chi connectivity index (χ0v) is 8.66. The fourth-order valence-corrected chi connectivity index (χ4v) is 1.06. The summed E-state index contributed by atoms with van der Waals surface area (Å²) in [7, 11) is -0.530. The van der Waals surface area contributed by atoms with Crippen LogP contribution in [0.15, 0.2) is 0 Å². The third-order valence-corrected chi connectivity index (χ3v) is 1.75. The number of rotatable bonds is 5. The summed E-state index contributed by atoms with van der Waals surface area (Å²) in [5, 5.41) is 3.15. The molecule has 0 aromatic rings. The minimum atomic E-state index is -0.530. The lowest BCUT2D eigenvalue weighted by atomic mass is 10.2. The van der Waals surface area contributed by atoms with E-state index in [-0.39, 0.29) is 0 Å². The summed E-state index contributed by atoms with van der Waals surface area (Å²) >= 11 is 0. The molecule has 1 heterocycles. The highest BCUT2D eigenvalue weighted by Crippen LogP contribution is 1.96. The molecule has 1 aliphatic rings. The van der Waals surface area contributed by atoms with Crippen LogP contribution in [0.1, 0.15) is 6.92 Å². The van der Waals surface area contributed by atoms with Gasteiger partial charge in [0.2, 0.25) is 0 Å².